The first-order chi connectivity index (χ1) is 14.9. The second-order valence-corrected chi connectivity index (χ2v) is 8.16. The van der Waals surface area contributed by atoms with Crippen LogP contribution >= 0.6 is 0 Å². The number of amides is 2. The highest BCUT2D eigenvalue weighted by atomic mass is 16.3. The Hall–Kier alpha value is -3.61. The number of benzene rings is 2. The Morgan fingerprint density at radius 1 is 1.13 bits per heavy atom. The van der Waals surface area contributed by atoms with E-state index in [4.69, 9.17) is 0 Å². The van der Waals surface area contributed by atoms with Gasteiger partial charge in [-0.2, -0.15) is 9.78 Å². The third-order valence-corrected chi connectivity index (χ3v) is 5.28. The fourth-order valence-electron chi connectivity index (χ4n) is 3.31. The monoisotopic (exact) mass is 418 g/mol. The molecule has 0 bridgehead atoms. The molecule has 1 aromatic heterocycles. The van der Waals surface area contributed by atoms with Gasteiger partial charge in [0.05, 0.1) is 11.4 Å². The van der Waals surface area contributed by atoms with Gasteiger partial charge in [-0.25, -0.2) is 4.79 Å². The lowest BCUT2D eigenvalue weighted by Crippen LogP contribution is -2.30. The minimum atomic E-state index is -0.305. The van der Waals surface area contributed by atoms with Crippen molar-refractivity contribution >= 4 is 17.6 Å². The van der Waals surface area contributed by atoms with Crippen molar-refractivity contribution in [1.82, 2.24) is 15.1 Å². The van der Waals surface area contributed by atoms with Crippen LogP contribution < -0.4 is 10.6 Å². The highest BCUT2D eigenvalue weighted by Gasteiger charge is 2.30. The fourth-order valence-corrected chi connectivity index (χ4v) is 3.31. The molecule has 3 aromatic rings. The summed E-state index contributed by atoms with van der Waals surface area (Å²) in [5.41, 5.74) is 3.37. The lowest BCUT2D eigenvalue weighted by atomic mass is 10.1. The van der Waals surface area contributed by atoms with Crippen LogP contribution in [-0.2, 0) is 11.3 Å². The Balaban J connectivity index is 1.60. The van der Waals surface area contributed by atoms with Gasteiger partial charge < -0.3 is 15.7 Å². The van der Waals surface area contributed by atoms with Crippen LogP contribution in [0.2, 0.25) is 0 Å². The van der Waals surface area contributed by atoms with E-state index in [0.717, 1.165) is 24.1 Å². The Bertz CT molecular complexity index is 1100. The third-order valence-electron chi connectivity index (χ3n) is 5.28. The van der Waals surface area contributed by atoms with Gasteiger partial charge in [-0.3, -0.25) is 4.79 Å². The van der Waals surface area contributed by atoms with E-state index in [1.165, 1.54) is 10.7 Å². The highest BCUT2D eigenvalue weighted by molar-refractivity contribution is 5.93. The summed E-state index contributed by atoms with van der Waals surface area (Å²) in [7, 11) is 0. The fraction of sp³-hybridized carbons (Fsp3) is 0.292. The number of hydrogen-bond acceptors (Lipinski definition) is 4. The molecule has 1 saturated carbocycles. The van der Waals surface area contributed by atoms with E-state index in [9.17, 15) is 14.7 Å². The number of anilines is 1. The smallest absolute Gasteiger partial charge is 0.342 e. The van der Waals surface area contributed by atoms with E-state index in [-0.39, 0.29) is 29.5 Å². The van der Waals surface area contributed by atoms with Gasteiger partial charge in [0.1, 0.15) is 5.75 Å². The first-order valence-electron chi connectivity index (χ1n) is 10.5. The lowest BCUT2D eigenvalue weighted by Gasteiger charge is -2.10. The molecule has 7 heteroatoms. The number of aromatic nitrogens is 2. The number of aromatic hydroxyl groups is 1. The maximum Gasteiger partial charge on any atom is 0.342 e. The summed E-state index contributed by atoms with van der Waals surface area (Å²) in [6.45, 7) is 4.03. The SMILES string of the molecule is CC(C)C(=O)Nc1ccc(O)c(-c2cc(C3CC3)n(C(=O)NCc3ccccc3)n2)c1. The first-order valence-corrected chi connectivity index (χ1v) is 10.5. The molecule has 0 spiro atoms. The van der Waals surface area contributed by atoms with Crippen LogP contribution in [0.15, 0.2) is 54.6 Å². The van der Waals surface area contributed by atoms with E-state index >= 15 is 0 Å². The van der Waals surface area contributed by atoms with Crippen LogP contribution in [0.25, 0.3) is 11.3 Å². The van der Waals surface area contributed by atoms with E-state index < -0.39 is 0 Å². The van der Waals surface area contributed by atoms with Gasteiger partial charge in [-0.1, -0.05) is 44.2 Å². The molecule has 3 N–H and O–H groups in total. The van der Waals surface area contributed by atoms with Crippen LogP contribution in [0.5, 0.6) is 5.75 Å². The van der Waals surface area contributed by atoms with Crippen LogP contribution in [0.1, 0.15) is 43.9 Å². The molecule has 31 heavy (non-hydrogen) atoms. The number of carbonyl (C=O) groups excluding carboxylic acids is 2. The van der Waals surface area contributed by atoms with Gasteiger partial charge in [-0.05, 0) is 42.7 Å². The number of carbonyl (C=O) groups is 2. The molecule has 1 aliphatic rings. The van der Waals surface area contributed by atoms with E-state index in [2.05, 4.69) is 15.7 Å². The lowest BCUT2D eigenvalue weighted by molar-refractivity contribution is -0.118. The molecule has 7 nitrogen and oxygen atoms in total. The van der Waals surface area contributed by atoms with Crippen molar-refractivity contribution in [1.29, 1.82) is 0 Å². The summed E-state index contributed by atoms with van der Waals surface area (Å²) in [5.74, 6) is 0.0568. The molecule has 0 unspecified atom stereocenters. The zero-order chi connectivity index (χ0) is 22.0. The zero-order valence-corrected chi connectivity index (χ0v) is 17.6. The van der Waals surface area contributed by atoms with Gasteiger partial charge in [0.2, 0.25) is 5.91 Å². The normalized spacial score (nSPS) is 13.3. The van der Waals surface area contributed by atoms with E-state index in [1.54, 1.807) is 12.1 Å². The molecule has 0 atom stereocenters. The second kappa shape index (κ2) is 8.63. The minimum absolute atomic E-state index is 0.0410. The Morgan fingerprint density at radius 3 is 2.55 bits per heavy atom. The van der Waals surface area contributed by atoms with Crippen molar-refractivity contribution in [2.45, 2.75) is 39.2 Å². The van der Waals surface area contributed by atoms with Crippen molar-refractivity contribution in [2.24, 2.45) is 5.92 Å². The molecule has 4 rings (SSSR count). The number of rotatable bonds is 6. The molecule has 2 aromatic carbocycles. The molecule has 2 amide bonds. The molecule has 1 heterocycles. The van der Waals surface area contributed by atoms with E-state index in [1.807, 2.05) is 50.2 Å². The number of phenols is 1. The quantitative estimate of drug-likeness (QED) is 0.514. The van der Waals surface area contributed by atoms with Crippen molar-refractivity contribution in [3.8, 4) is 17.0 Å². The van der Waals surface area contributed by atoms with E-state index in [0.29, 0.717) is 23.5 Å². The number of nitrogens with zero attached hydrogens (tertiary/aromatic N) is 2. The summed E-state index contributed by atoms with van der Waals surface area (Å²) in [6, 6.07) is 16.1. The van der Waals surface area contributed by atoms with Gasteiger partial charge in [0.15, 0.2) is 0 Å². The van der Waals surface area contributed by atoms with Crippen LogP contribution in [0.4, 0.5) is 10.5 Å². The van der Waals surface area contributed by atoms with Crippen LogP contribution in [0, 0.1) is 5.92 Å². The molecule has 0 saturated heterocycles. The average molecular weight is 418 g/mol. The maximum atomic E-state index is 12.9. The topological polar surface area (TPSA) is 96.2 Å². The van der Waals surface area contributed by atoms with Crippen molar-refractivity contribution in [3.63, 3.8) is 0 Å². The predicted octanol–water partition coefficient (Wildman–Crippen LogP) is 4.49. The standard InChI is InChI=1S/C24H26N4O3/c1-15(2)23(30)26-18-10-11-22(29)19(12-18)20-13-21(17-8-9-17)28(27-20)24(31)25-14-16-6-4-3-5-7-16/h3-7,10-13,15,17,29H,8-9,14H2,1-2H3,(H,25,31)(H,26,30). The summed E-state index contributed by atoms with van der Waals surface area (Å²) in [6.07, 6.45) is 2.02. The maximum absolute atomic E-state index is 12.9. The Morgan fingerprint density at radius 2 is 1.87 bits per heavy atom. The van der Waals surface area contributed by atoms with Gasteiger partial charge >= 0.3 is 6.03 Å². The van der Waals surface area contributed by atoms with Gasteiger partial charge in [-0.15, -0.1) is 0 Å². The van der Waals surface area contributed by atoms with Crippen LogP contribution in [-0.4, -0.2) is 26.8 Å². The molecule has 1 fully saturated rings. The van der Waals surface area contributed by atoms with Crippen molar-refractivity contribution in [3.05, 3.63) is 65.9 Å². The third kappa shape index (κ3) is 4.77. The number of hydrogen-bond donors (Lipinski definition) is 3. The average Bonchev–Trinajstić information content (AvgIpc) is 3.52. The Kier molecular flexibility index (Phi) is 5.75. The van der Waals surface area contributed by atoms with Gasteiger partial charge in [0.25, 0.3) is 0 Å². The largest absolute Gasteiger partial charge is 0.507 e. The van der Waals surface area contributed by atoms with Gasteiger partial charge in [0, 0.05) is 29.6 Å². The second-order valence-electron chi connectivity index (χ2n) is 8.16. The van der Waals surface area contributed by atoms with Crippen LogP contribution in [0.3, 0.4) is 0 Å². The zero-order valence-electron chi connectivity index (χ0n) is 17.6. The molecular weight excluding hydrogens is 392 g/mol. The number of nitrogens with one attached hydrogen (secondary N) is 2. The predicted molar refractivity (Wildman–Crippen MR) is 119 cm³/mol. The summed E-state index contributed by atoms with van der Waals surface area (Å²) < 4.78 is 1.40. The van der Waals surface area contributed by atoms with Crippen molar-refractivity contribution < 1.29 is 14.7 Å². The molecular formula is C24H26N4O3. The summed E-state index contributed by atoms with van der Waals surface area (Å²) in [5, 5.41) is 20.7. The molecule has 1 aliphatic carbocycles. The number of phenolic OH excluding ortho intramolecular Hbond substituents is 1. The molecule has 0 aliphatic heterocycles. The molecule has 160 valence electrons. The molecule has 0 radical (unpaired) electrons. The van der Waals surface area contributed by atoms with Crippen molar-refractivity contribution in [2.75, 3.05) is 5.32 Å². The Labute approximate surface area is 181 Å². The first kappa shape index (κ1) is 20.7. The minimum Gasteiger partial charge on any atom is -0.507 e. The summed E-state index contributed by atoms with van der Waals surface area (Å²) >= 11 is 0. The highest BCUT2D eigenvalue weighted by Crippen LogP contribution is 2.42. The summed E-state index contributed by atoms with van der Waals surface area (Å²) in [4.78, 5) is 24.9.